The first-order valence-electron chi connectivity index (χ1n) is 13.9. The molecule has 2 aliphatic rings. The van der Waals surface area contributed by atoms with E-state index in [1.807, 2.05) is 32.9 Å². The zero-order valence-electron chi connectivity index (χ0n) is 23.3. The van der Waals surface area contributed by atoms with Crippen molar-refractivity contribution < 1.29 is 14.4 Å². The molecule has 3 rings (SSSR count). The molecule has 0 aliphatic carbocycles. The summed E-state index contributed by atoms with van der Waals surface area (Å²) in [6, 6.07) is 6.06. The van der Waals surface area contributed by atoms with Crippen LogP contribution in [0.5, 0.6) is 0 Å². The molecule has 2 aliphatic heterocycles. The van der Waals surface area contributed by atoms with Gasteiger partial charge in [-0.15, -0.1) is 0 Å². The van der Waals surface area contributed by atoms with Gasteiger partial charge in [-0.3, -0.25) is 19.3 Å². The van der Waals surface area contributed by atoms with Gasteiger partial charge in [-0.05, 0) is 62.6 Å². The number of anilines is 1. The topological polar surface area (TPSA) is 64.2 Å². The number of fused-ring (bicyclic) bond motifs is 1. The number of rotatable bonds is 5. The predicted octanol–water partition coefficient (Wildman–Crippen LogP) is 4.81. The zero-order valence-corrected chi connectivity index (χ0v) is 24.1. The minimum atomic E-state index is 0.101. The number of likely N-dealkylation sites (tertiary alicyclic amines) is 1. The standard InChI is InChI=1S/C29H45ClN4O3/c1-21(2)17-29(37)34-12-6-11-31(22(3)4)15-16-33(20-25-7-8-26(30)19-27(25)34)28(36)18-24-9-13-32(14-10-24)23(5)35/h7-8,19,21-22,24H,6,9-18,20H2,1-5H3. The van der Waals surface area contributed by atoms with Crippen LogP contribution in [0.2, 0.25) is 5.02 Å². The Morgan fingerprint density at radius 2 is 1.62 bits per heavy atom. The molecule has 0 bridgehead atoms. The minimum absolute atomic E-state index is 0.101. The number of carbonyl (C=O) groups excluding carboxylic acids is 3. The van der Waals surface area contributed by atoms with E-state index < -0.39 is 0 Å². The van der Waals surface area contributed by atoms with E-state index in [0.717, 1.165) is 56.7 Å². The summed E-state index contributed by atoms with van der Waals surface area (Å²) in [6.07, 6.45) is 3.55. The molecule has 2 heterocycles. The fourth-order valence-electron chi connectivity index (χ4n) is 5.40. The van der Waals surface area contributed by atoms with Crippen molar-refractivity contribution in [3.63, 3.8) is 0 Å². The Bertz CT molecular complexity index is 943. The average Bonchev–Trinajstić information content (AvgIpc) is 2.86. The zero-order chi connectivity index (χ0) is 27.1. The average molecular weight is 533 g/mol. The number of benzene rings is 1. The monoisotopic (exact) mass is 532 g/mol. The molecule has 1 aromatic carbocycles. The largest absolute Gasteiger partial charge is 0.343 e. The second-order valence-corrected chi connectivity index (χ2v) is 11.8. The number of piperidine rings is 1. The third-order valence-corrected chi connectivity index (χ3v) is 7.91. The molecule has 1 fully saturated rings. The number of carbonyl (C=O) groups is 3. The lowest BCUT2D eigenvalue weighted by Gasteiger charge is -2.33. The summed E-state index contributed by atoms with van der Waals surface area (Å²) in [5.74, 6) is 0.899. The number of halogens is 1. The van der Waals surface area contributed by atoms with Crippen molar-refractivity contribution in [2.45, 2.75) is 79.3 Å². The fraction of sp³-hybridized carbons (Fsp3) is 0.690. The molecule has 1 saturated heterocycles. The Balaban J connectivity index is 1.87. The van der Waals surface area contributed by atoms with Crippen molar-refractivity contribution in [3.05, 3.63) is 28.8 Å². The number of hydrogen-bond acceptors (Lipinski definition) is 4. The van der Waals surface area contributed by atoms with Crippen LogP contribution in [0, 0.1) is 11.8 Å². The summed E-state index contributed by atoms with van der Waals surface area (Å²) < 4.78 is 0. The van der Waals surface area contributed by atoms with Gasteiger partial charge in [0.05, 0.1) is 5.69 Å². The summed E-state index contributed by atoms with van der Waals surface area (Å²) in [7, 11) is 0. The molecule has 0 aromatic heterocycles. The van der Waals surface area contributed by atoms with Gasteiger partial charge in [0.25, 0.3) is 0 Å². The first kappa shape index (κ1) is 29.4. The molecule has 206 valence electrons. The molecule has 0 radical (unpaired) electrons. The van der Waals surface area contributed by atoms with Crippen LogP contribution < -0.4 is 4.90 Å². The van der Waals surface area contributed by atoms with Gasteiger partial charge < -0.3 is 14.7 Å². The summed E-state index contributed by atoms with van der Waals surface area (Å²) in [6.45, 7) is 14.9. The molecule has 37 heavy (non-hydrogen) atoms. The van der Waals surface area contributed by atoms with Gasteiger partial charge in [-0.25, -0.2) is 0 Å². The van der Waals surface area contributed by atoms with E-state index in [0.29, 0.717) is 43.5 Å². The molecule has 0 atom stereocenters. The molecule has 3 amide bonds. The predicted molar refractivity (Wildman–Crippen MR) is 150 cm³/mol. The van der Waals surface area contributed by atoms with Gasteiger partial charge in [-0.2, -0.15) is 0 Å². The van der Waals surface area contributed by atoms with Crippen LogP contribution in [0.15, 0.2) is 18.2 Å². The summed E-state index contributed by atoms with van der Waals surface area (Å²) in [5.41, 5.74) is 1.78. The van der Waals surface area contributed by atoms with Gasteiger partial charge in [0.1, 0.15) is 0 Å². The van der Waals surface area contributed by atoms with Crippen LogP contribution in [-0.4, -0.2) is 77.7 Å². The maximum atomic E-state index is 13.7. The van der Waals surface area contributed by atoms with Crippen LogP contribution in [0.25, 0.3) is 0 Å². The second-order valence-electron chi connectivity index (χ2n) is 11.4. The maximum absolute atomic E-state index is 13.7. The second kappa shape index (κ2) is 13.6. The molecule has 0 unspecified atom stereocenters. The highest BCUT2D eigenvalue weighted by Gasteiger charge is 2.28. The molecule has 1 aromatic rings. The highest BCUT2D eigenvalue weighted by molar-refractivity contribution is 6.31. The van der Waals surface area contributed by atoms with Crippen LogP contribution in [-0.2, 0) is 20.9 Å². The lowest BCUT2D eigenvalue weighted by molar-refractivity contribution is -0.134. The third-order valence-electron chi connectivity index (χ3n) is 7.67. The molecule has 0 N–H and O–H groups in total. The van der Waals surface area contributed by atoms with Gasteiger partial charge >= 0.3 is 0 Å². The maximum Gasteiger partial charge on any atom is 0.227 e. The molecule has 0 saturated carbocycles. The number of hydrogen-bond donors (Lipinski definition) is 0. The first-order valence-corrected chi connectivity index (χ1v) is 14.3. The highest BCUT2D eigenvalue weighted by Crippen LogP contribution is 2.29. The summed E-state index contributed by atoms with van der Waals surface area (Å²) in [4.78, 5) is 46.9. The highest BCUT2D eigenvalue weighted by atomic mass is 35.5. The van der Waals surface area contributed by atoms with Crippen molar-refractivity contribution in [2.24, 2.45) is 11.8 Å². The Kier molecular flexibility index (Phi) is 10.8. The lowest BCUT2D eigenvalue weighted by atomic mass is 9.93. The Hall–Kier alpha value is -2.12. The van der Waals surface area contributed by atoms with Crippen molar-refractivity contribution in [1.82, 2.24) is 14.7 Å². The minimum Gasteiger partial charge on any atom is -0.343 e. The van der Waals surface area contributed by atoms with Crippen molar-refractivity contribution in [2.75, 3.05) is 44.2 Å². The van der Waals surface area contributed by atoms with E-state index in [1.54, 1.807) is 6.92 Å². The molecule has 7 nitrogen and oxygen atoms in total. The van der Waals surface area contributed by atoms with E-state index in [2.05, 4.69) is 32.6 Å². The molecular weight excluding hydrogens is 488 g/mol. The third kappa shape index (κ3) is 8.44. The quantitative estimate of drug-likeness (QED) is 0.546. The van der Waals surface area contributed by atoms with Crippen molar-refractivity contribution in [1.29, 1.82) is 0 Å². The van der Waals surface area contributed by atoms with Crippen molar-refractivity contribution >= 4 is 35.0 Å². The SMILES string of the molecule is CC(=O)N1CCC(CC(=O)N2CCN(C(C)C)CCCN(C(=O)CC(C)C)c3cc(Cl)ccc3C2)CC1. The number of amides is 3. The van der Waals surface area contributed by atoms with E-state index in [9.17, 15) is 14.4 Å². The van der Waals surface area contributed by atoms with Gasteiger partial charge in [0, 0.05) is 76.6 Å². The molecule has 8 heteroatoms. The van der Waals surface area contributed by atoms with Gasteiger partial charge in [-0.1, -0.05) is 31.5 Å². The van der Waals surface area contributed by atoms with E-state index in [1.165, 1.54) is 0 Å². The van der Waals surface area contributed by atoms with E-state index in [-0.39, 0.29) is 29.6 Å². The number of nitrogens with zero attached hydrogens (tertiary/aromatic N) is 4. The van der Waals surface area contributed by atoms with E-state index >= 15 is 0 Å². The van der Waals surface area contributed by atoms with Crippen LogP contribution in [0.1, 0.15) is 72.3 Å². The van der Waals surface area contributed by atoms with Crippen LogP contribution >= 0.6 is 11.6 Å². The van der Waals surface area contributed by atoms with Crippen molar-refractivity contribution in [3.8, 4) is 0 Å². The summed E-state index contributed by atoms with van der Waals surface area (Å²) >= 11 is 6.42. The Morgan fingerprint density at radius 3 is 2.24 bits per heavy atom. The lowest BCUT2D eigenvalue weighted by Crippen LogP contribution is -2.42. The summed E-state index contributed by atoms with van der Waals surface area (Å²) in [5, 5.41) is 0.592. The Morgan fingerprint density at radius 1 is 0.919 bits per heavy atom. The fourth-order valence-corrected chi connectivity index (χ4v) is 5.56. The smallest absolute Gasteiger partial charge is 0.227 e. The van der Waals surface area contributed by atoms with Gasteiger partial charge in [0.15, 0.2) is 0 Å². The molecule has 0 spiro atoms. The Labute approximate surface area is 228 Å². The van der Waals surface area contributed by atoms with Crippen LogP contribution in [0.3, 0.4) is 0 Å². The van der Waals surface area contributed by atoms with Crippen LogP contribution in [0.4, 0.5) is 5.69 Å². The van der Waals surface area contributed by atoms with Gasteiger partial charge in [0.2, 0.25) is 17.7 Å². The normalized spacial score (nSPS) is 18.6. The van der Waals surface area contributed by atoms with E-state index in [4.69, 9.17) is 11.6 Å². The molecular formula is C29H45ClN4O3. The first-order chi connectivity index (χ1) is 17.5.